The lowest BCUT2D eigenvalue weighted by Crippen LogP contribution is -2.37. The highest BCUT2D eigenvalue weighted by atomic mass is 16.5. The van der Waals surface area contributed by atoms with Crippen LogP contribution in [0.15, 0.2) is 30.5 Å². The van der Waals surface area contributed by atoms with E-state index in [0.717, 1.165) is 29.7 Å². The minimum atomic E-state index is 0.479. The molecule has 1 aromatic carbocycles. The van der Waals surface area contributed by atoms with E-state index in [1.807, 2.05) is 6.07 Å². The predicted molar refractivity (Wildman–Crippen MR) is 83.5 cm³/mol. The summed E-state index contributed by atoms with van der Waals surface area (Å²) in [6, 6.07) is 8.39. The maximum atomic E-state index is 5.44. The summed E-state index contributed by atoms with van der Waals surface area (Å²) in [5.74, 6) is 0.897. The lowest BCUT2D eigenvalue weighted by molar-refractivity contribution is 0.280. The van der Waals surface area contributed by atoms with E-state index in [4.69, 9.17) is 4.74 Å². The quantitative estimate of drug-likeness (QED) is 0.828. The standard InChI is InChI=1S/C17H22N2O/c1-17(2)7-10-19(11-8-17)13-4-5-15-14(12-13)16(20-3)6-9-18-15/h4-6,9,12H,7-8,10-11H2,1-3H3. The fourth-order valence-corrected chi connectivity index (χ4v) is 2.85. The Morgan fingerprint density at radius 3 is 2.60 bits per heavy atom. The molecule has 1 saturated heterocycles. The number of nitrogens with zero attached hydrogens (tertiary/aromatic N) is 2. The number of benzene rings is 1. The first-order valence-corrected chi connectivity index (χ1v) is 7.27. The Morgan fingerprint density at radius 2 is 1.90 bits per heavy atom. The molecule has 0 N–H and O–H groups in total. The van der Waals surface area contributed by atoms with Crippen molar-refractivity contribution >= 4 is 16.6 Å². The van der Waals surface area contributed by atoms with Crippen molar-refractivity contribution < 1.29 is 4.74 Å². The first-order chi connectivity index (χ1) is 9.59. The second-order valence-electron chi connectivity index (χ2n) is 6.37. The van der Waals surface area contributed by atoms with Gasteiger partial charge in [-0.2, -0.15) is 0 Å². The number of pyridine rings is 1. The fourth-order valence-electron chi connectivity index (χ4n) is 2.85. The third-order valence-electron chi connectivity index (χ3n) is 4.39. The van der Waals surface area contributed by atoms with Gasteiger partial charge in [0.2, 0.25) is 0 Å². The van der Waals surface area contributed by atoms with E-state index in [0.29, 0.717) is 5.41 Å². The number of hydrogen-bond acceptors (Lipinski definition) is 3. The van der Waals surface area contributed by atoms with E-state index in [-0.39, 0.29) is 0 Å². The van der Waals surface area contributed by atoms with Gasteiger partial charge in [-0.3, -0.25) is 4.98 Å². The summed E-state index contributed by atoms with van der Waals surface area (Å²) >= 11 is 0. The maximum absolute atomic E-state index is 5.44. The molecule has 3 rings (SSSR count). The molecule has 3 nitrogen and oxygen atoms in total. The molecule has 2 aromatic rings. The molecule has 2 heterocycles. The van der Waals surface area contributed by atoms with Gasteiger partial charge < -0.3 is 9.64 Å². The molecular weight excluding hydrogens is 248 g/mol. The zero-order valence-corrected chi connectivity index (χ0v) is 12.5. The van der Waals surface area contributed by atoms with Gasteiger partial charge in [-0.05, 0) is 42.5 Å². The van der Waals surface area contributed by atoms with Gasteiger partial charge in [0.05, 0.1) is 12.6 Å². The SMILES string of the molecule is COc1ccnc2ccc(N3CCC(C)(C)CC3)cc12. The highest BCUT2D eigenvalue weighted by Gasteiger charge is 2.25. The van der Waals surface area contributed by atoms with Gasteiger partial charge in [-0.15, -0.1) is 0 Å². The van der Waals surface area contributed by atoms with Crippen molar-refractivity contribution in [1.29, 1.82) is 0 Å². The van der Waals surface area contributed by atoms with Gasteiger partial charge in [0.15, 0.2) is 0 Å². The number of aromatic nitrogens is 1. The number of methoxy groups -OCH3 is 1. The second-order valence-corrected chi connectivity index (χ2v) is 6.37. The first kappa shape index (κ1) is 13.2. The van der Waals surface area contributed by atoms with Crippen molar-refractivity contribution in [3.8, 4) is 5.75 Å². The van der Waals surface area contributed by atoms with E-state index in [1.165, 1.54) is 18.5 Å². The molecule has 0 spiro atoms. The summed E-state index contributed by atoms with van der Waals surface area (Å²) in [4.78, 5) is 6.87. The minimum Gasteiger partial charge on any atom is -0.496 e. The number of rotatable bonds is 2. The molecule has 0 saturated carbocycles. The number of fused-ring (bicyclic) bond motifs is 1. The average molecular weight is 270 g/mol. The van der Waals surface area contributed by atoms with E-state index >= 15 is 0 Å². The van der Waals surface area contributed by atoms with Crippen LogP contribution in [-0.2, 0) is 0 Å². The Bertz CT molecular complexity index is 611. The molecule has 0 unspecified atom stereocenters. The van der Waals surface area contributed by atoms with Crippen molar-refractivity contribution in [1.82, 2.24) is 4.98 Å². The molecule has 1 aliphatic rings. The zero-order valence-electron chi connectivity index (χ0n) is 12.5. The summed E-state index contributed by atoms with van der Waals surface area (Å²) in [6.45, 7) is 6.97. The molecule has 106 valence electrons. The van der Waals surface area contributed by atoms with Crippen molar-refractivity contribution in [3.05, 3.63) is 30.5 Å². The third kappa shape index (κ3) is 2.45. The lowest BCUT2D eigenvalue weighted by Gasteiger charge is -2.38. The topological polar surface area (TPSA) is 25.4 Å². The number of anilines is 1. The van der Waals surface area contributed by atoms with Gasteiger partial charge in [0, 0.05) is 30.4 Å². The van der Waals surface area contributed by atoms with Crippen LogP contribution in [0.25, 0.3) is 10.9 Å². The van der Waals surface area contributed by atoms with Crippen molar-refractivity contribution in [2.75, 3.05) is 25.1 Å². The maximum Gasteiger partial charge on any atom is 0.129 e. The van der Waals surface area contributed by atoms with Gasteiger partial charge >= 0.3 is 0 Å². The Kier molecular flexibility index (Phi) is 3.28. The van der Waals surface area contributed by atoms with Crippen LogP contribution in [0.2, 0.25) is 0 Å². The summed E-state index contributed by atoms with van der Waals surface area (Å²) in [5.41, 5.74) is 2.75. The fraction of sp³-hybridized carbons (Fsp3) is 0.471. The highest BCUT2D eigenvalue weighted by molar-refractivity contribution is 5.88. The normalized spacial score (nSPS) is 18.2. The minimum absolute atomic E-state index is 0.479. The van der Waals surface area contributed by atoms with E-state index in [2.05, 4.69) is 41.9 Å². The van der Waals surface area contributed by atoms with Crippen molar-refractivity contribution in [2.24, 2.45) is 5.41 Å². The number of ether oxygens (including phenoxy) is 1. The van der Waals surface area contributed by atoms with Crippen LogP contribution in [0.4, 0.5) is 5.69 Å². The molecule has 20 heavy (non-hydrogen) atoms. The smallest absolute Gasteiger partial charge is 0.129 e. The molecular formula is C17H22N2O. The van der Waals surface area contributed by atoms with Crippen molar-refractivity contribution in [3.63, 3.8) is 0 Å². The summed E-state index contributed by atoms with van der Waals surface area (Å²) in [6.07, 6.45) is 4.29. The van der Waals surface area contributed by atoms with Crippen LogP contribution in [0.1, 0.15) is 26.7 Å². The largest absolute Gasteiger partial charge is 0.496 e. The third-order valence-corrected chi connectivity index (χ3v) is 4.39. The van der Waals surface area contributed by atoms with Crippen LogP contribution in [0.3, 0.4) is 0 Å². The van der Waals surface area contributed by atoms with Crippen LogP contribution in [0, 0.1) is 5.41 Å². The van der Waals surface area contributed by atoms with E-state index < -0.39 is 0 Å². The molecule has 3 heteroatoms. The van der Waals surface area contributed by atoms with Crippen molar-refractivity contribution in [2.45, 2.75) is 26.7 Å². The summed E-state index contributed by atoms with van der Waals surface area (Å²) < 4.78 is 5.44. The monoisotopic (exact) mass is 270 g/mol. The molecule has 1 fully saturated rings. The van der Waals surface area contributed by atoms with Crippen LogP contribution >= 0.6 is 0 Å². The molecule has 1 aliphatic heterocycles. The second kappa shape index (κ2) is 4.97. The predicted octanol–water partition coefficient (Wildman–Crippen LogP) is 3.87. The molecule has 0 bridgehead atoms. The van der Waals surface area contributed by atoms with Crippen LogP contribution in [-0.4, -0.2) is 25.2 Å². The molecule has 0 atom stereocenters. The Labute approximate surface area is 120 Å². The zero-order chi connectivity index (χ0) is 14.2. The number of hydrogen-bond donors (Lipinski definition) is 0. The van der Waals surface area contributed by atoms with E-state index in [1.54, 1.807) is 13.3 Å². The Morgan fingerprint density at radius 1 is 1.15 bits per heavy atom. The van der Waals surface area contributed by atoms with Crippen LogP contribution < -0.4 is 9.64 Å². The lowest BCUT2D eigenvalue weighted by atomic mass is 9.82. The van der Waals surface area contributed by atoms with Gasteiger partial charge in [-0.25, -0.2) is 0 Å². The van der Waals surface area contributed by atoms with Crippen LogP contribution in [0.5, 0.6) is 5.75 Å². The van der Waals surface area contributed by atoms with E-state index in [9.17, 15) is 0 Å². The molecule has 0 aliphatic carbocycles. The molecule has 1 aromatic heterocycles. The highest BCUT2D eigenvalue weighted by Crippen LogP contribution is 2.34. The molecule has 0 amide bonds. The summed E-state index contributed by atoms with van der Waals surface area (Å²) in [5, 5.41) is 1.09. The van der Waals surface area contributed by atoms with Gasteiger partial charge in [-0.1, -0.05) is 13.8 Å². The first-order valence-electron chi connectivity index (χ1n) is 7.27. The molecule has 0 radical (unpaired) electrons. The Hall–Kier alpha value is -1.77. The Balaban J connectivity index is 1.93. The summed E-state index contributed by atoms with van der Waals surface area (Å²) in [7, 11) is 1.71. The average Bonchev–Trinajstić information content (AvgIpc) is 2.46. The van der Waals surface area contributed by atoms with Gasteiger partial charge in [0.1, 0.15) is 5.75 Å². The van der Waals surface area contributed by atoms with Gasteiger partial charge in [0.25, 0.3) is 0 Å². The number of piperidine rings is 1.